The number of nitrogens with zero attached hydrogens (tertiary/aromatic N) is 3. The number of benzene rings is 1. The predicted molar refractivity (Wildman–Crippen MR) is 81.0 cm³/mol. The fraction of sp³-hybridized carbons (Fsp3) is 0. The third kappa shape index (κ3) is 3.38. The molecule has 0 bridgehead atoms. The monoisotopic (exact) mass is 308 g/mol. The average Bonchev–Trinajstić information content (AvgIpc) is 3.11. The lowest BCUT2D eigenvalue weighted by atomic mass is 10.1. The molecule has 8 heteroatoms. The van der Waals surface area contributed by atoms with Crippen molar-refractivity contribution in [2.24, 2.45) is 0 Å². The number of rotatable bonds is 3. The zero-order chi connectivity index (χ0) is 16.1. The molecule has 0 aliphatic rings. The Hall–Kier alpha value is -3.55. The van der Waals surface area contributed by atoms with Gasteiger partial charge in [-0.25, -0.2) is 4.98 Å². The second-order valence-corrected chi connectivity index (χ2v) is 4.53. The van der Waals surface area contributed by atoms with Gasteiger partial charge in [0.05, 0.1) is 11.9 Å². The highest BCUT2D eigenvalue weighted by Crippen LogP contribution is 2.16. The van der Waals surface area contributed by atoms with Crippen LogP contribution in [0, 0.1) is 0 Å². The molecule has 0 atom stereocenters. The largest absolute Gasteiger partial charge is 0.289 e. The molecular formula is C15H12N6O2. The first-order chi connectivity index (χ1) is 11.2. The summed E-state index contributed by atoms with van der Waals surface area (Å²) >= 11 is 0. The van der Waals surface area contributed by atoms with E-state index >= 15 is 0 Å². The molecule has 1 aromatic carbocycles. The molecular weight excluding hydrogens is 296 g/mol. The van der Waals surface area contributed by atoms with Crippen LogP contribution in [0.5, 0.6) is 0 Å². The minimum Gasteiger partial charge on any atom is -0.272 e. The predicted octanol–water partition coefficient (Wildman–Crippen LogP) is 0.941. The molecule has 114 valence electrons. The standard InChI is InChI=1S/C15H12N6O2/c22-14(20-21-15(23)13-9-16-6-7-17-13)12-8-11(18-19-12)10-4-2-1-3-5-10/h1-9H,(H,18,19)(H,20,22)(H,21,23). The van der Waals surface area contributed by atoms with E-state index in [0.29, 0.717) is 5.69 Å². The fourth-order valence-electron chi connectivity index (χ4n) is 1.86. The van der Waals surface area contributed by atoms with Gasteiger partial charge in [-0.05, 0) is 6.07 Å². The lowest BCUT2D eigenvalue weighted by molar-refractivity contribution is 0.0841. The summed E-state index contributed by atoms with van der Waals surface area (Å²) < 4.78 is 0. The molecule has 0 fully saturated rings. The molecule has 0 unspecified atom stereocenters. The maximum atomic E-state index is 12.0. The van der Waals surface area contributed by atoms with Crippen molar-refractivity contribution in [3.63, 3.8) is 0 Å². The van der Waals surface area contributed by atoms with Crippen LogP contribution >= 0.6 is 0 Å². The number of aromatic nitrogens is 4. The molecule has 0 spiro atoms. The summed E-state index contributed by atoms with van der Waals surface area (Å²) in [6.45, 7) is 0. The van der Waals surface area contributed by atoms with Crippen molar-refractivity contribution in [2.75, 3.05) is 0 Å². The van der Waals surface area contributed by atoms with Crippen molar-refractivity contribution in [2.45, 2.75) is 0 Å². The van der Waals surface area contributed by atoms with Crippen LogP contribution in [0.1, 0.15) is 21.0 Å². The number of hydrazine groups is 1. The van der Waals surface area contributed by atoms with Gasteiger partial charge < -0.3 is 0 Å². The Kier molecular flexibility index (Phi) is 4.05. The summed E-state index contributed by atoms with van der Waals surface area (Å²) in [6.07, 6.45) is 4.13. The maximum absolute atomic E-state index is 12.0. The molecule has 3 aromatic rings. The van der Waals surface area contributed by atoms with Gasteiger partial charge in [0.2, 0.25) is 0 Å². The highest BCUT2D eigenvalue weighted by atomic mass is 16.2. The summed E-state index contributed by atoms with van der Waals surface area (Å²) in [7, 11) is 0. The van der Waals surface area contributed by atoms with Crippen molar-refractivity contribution in [1.82, 2.24) is 31.0 Å². The van der Waals surface area contributed by atoms with E-state index in [-0.39, 0.29) is 11.4 Å². The van der Waals surface area contributed by atoms with Gasteiger partial charge in [-0.15, -0.1) is 0 Å². The van der Waals surface area contributed by atoms with Gasteiger partial charge in [0.1, 0.15) is 11.4 Å². The van der Waals surface area contributed by atoms with E-state index in [9.17, 15) is 9.59 Å². The van der Waals surface area contributed by atoms with Crippen LogP contribution in [-0.4, -0.2) is 32.0 Å². The van der Waals surface area contributed by atoms with E-state index in [1.807, 2.05) is 30.3 Å². The topological polar surface area (TPSA) is 113 Å². The van der Waals surface area contributed by atoms with E-state index in [1.54, 1.807) is 6.07 Å². The number of amides is 2. The zero-order valence-electron chi connectivity index (χ0n) is 11.9. The minimum absolute atomic E-state index is 0.0994. The lowest BCUT2D eigenvalue weighted by Crippen LogP contribution is -2.42. The molecule has 3 N–H and O–H groups in total. The van der Waals surface area contributed by atoms with Crippen molar-refractivity contribution in [1.29, 1.82) is 0 Å². The highest BCUT2D eigenvalue weighted by molar-refractivity contribution is 5.97. The molecule has 0 saturated carbocycles. The smallest absolute Gasteiger partial charge is 0.272 e. The Labute approximate surface area is 131 Å². The van der Waals surface area contributed by atoms with E-state index in [1.165, 1.54) is 18.6 Å². The van der Waals surface area contributed by atoms with Gasteiger partial charge >= 0.3 is 0 Å². The van der Waals surface area contributed by atoms with Gasteiger partial charge in [0.15, 0.2) is 0 Å². The van der Waals surface area contributed by atoms with Crippen LogP contribution in [0.3, 0.4) is 0 Å². The maximum Gasteiger partial charge on any atom is 0.289 e. The number of carbonyl (C=O) groups is 2. The SMILES string of the molecule is O=C(NNC(=O)c1cc(-c2ccccc2)n[nH]1)c1cnccn1. The van der Waals surface area contributed by atoms with E-state index in [4.69, 9.17) is 0 Å². The molecule has 3 rings (SSSR count). The molecule has 0 aliphatic heterocycles. The van der Waals surface area contributed by atoms with Crippen molar-refractivity contribution in [3.05, 3.63) is 66.4 Å². The first-order valence-corrected chi connectivity index (χ1v) is 6.71. The first-order valence-electron chi connectivity index (χ1n) is 6.71. The van der Waals surface area contributed by atoms with Gasteiger partial charge in [-0.2, -0.15) is 5.10 Å². The van der Waals surface area contributed by atoms with E-state index in [2.05, 4.69) is 31.0 Å². The van der Waals surface area contributed by atoms with Crippen LogP contribution in [-0.2, 0) is 0 Å². The molecule has 2 amide bonds. The molecule has 23 heavy (non-hydrogen) atoms. The van der Waals surface area contributed by atoms with Gasteiger partial charge in [0, 0.05) is 18.0 Å². The summed E-state index contributed by atoms with van der Waals surface area (Å²) in [5.74, 6) is -1.08. The number of aromatic amines is 1. The number of carbonyl (C=O) groups excluding carboxylic acids is 2. The Bertz CT molecular complexity index is 816. The summed E-state index contributed by atoms with van der Waals surface area (Å²) in [4.78, 5) is 31.3. The van der Waals surface area contributed by atoms with E-state index < -0.39 is 11.8 Å². The normalized spacial score (nSPS) is 10.1. The fourth-order valence-corrected chi connectivity index (χ4v) is 1.86. The summed E-state index contributed by atoms with van der Waals surface area (Å²) in [6, 6.07) is 11.0. The third-order valence-electron chi connectivity index (χ3n) is 2.98. The van der Waals surface area contributed by atoms with Crippen LogP contribution in [0.4, 0.5) is 0 Å². The Balaban J connectivity index is 1.63. The summed E-state index contributed by atoms with van der Waals surface area (Å²) in [5, 5.41) is 6.70. The summed E-state index contributed by atoms with van der Waals surface area (Å²) in [5.41, 5.74) is 6.38. The second kappa shape index (κ2) is 6.48. The van der Waals surface area contributed by atoms with Crippen molar-refractivity contribution in [3.8, 4) is 11.3 Å². The van der Waals surface area contributed by atoms with Crippen LogP contribution in [0.25, 0.3) is 11.3 Å². The number of hydrogen-bond acceptors (Lipinski definition) is 5. The van der Waals surface area contributed by atoms with Crippen molar-refractivity contribution >= 4 is 11.8 Å². The molecule has 2 heterocycles. The molecule has 0 saturated heterocycles. The minimum atomic E-state index is -0.561. The zero-order valence-corrected chi connectivity index (χ0v) is 11.9. The van der Waals surface area contributed by atoms with Crippen LogP contribution < -0.4 is 10.9 Å². The second-order valence-electron chi connectivity index (χ2n) is 4.53. The molecule has 0 radical (unpaired) electrons. The first kappa shape index (κ1) is 14.4. The van der Waals surface area contributed by atoms with Crippen molar-refractivity contribution < 1.29 is 9.59 Å². The third-order valence-corrected chi connectivity index (χ3v) is 2.98. The molecule has 2 aromatic heterocycles. The molecule has 0 aliphatic carbocycles. The van der Waals surface area contributed by atoms with Crippen LogP contribution in [0.2, 0.25) is 0 Å². The number of hydrogen-bond donors (Lipinski definition) is 3. The van der Waals surface area contributed by atoms with Gasteiger partial charge in [-0.1, -0.05) is 30.3 Å². The Morgan fingerprint density at radius 2 is 1.78 bits per heavy atom. The molecule has 8 nitrogen and oxygen atoms in total. The lowest BCUT2D eigenvalue weighted by Gasteiger charge is -2.04. The quantitative estimate of drug-likeness (QED) is 0.623. The average molecular weight is 308 g/mol. The van der Waals surface area contributed by atoms with Gasteiger partial charge in [-0.3, -0.25) is 30.5 Å². The highest BCUT2D eigenvalue weighted by Gasteiger charge is 2.13. The van der Waals surface area contributed by atoms with Crippen LogP contribution in [0.15, 0.2) is 55.0 Å². The van der Waals surface area contributed by atoms with Gasteiger partial charge in [0.25, 0.3) is 11.8 Å². The number of nitrogens with one attached hydrogen (secondary N) is 3. The van der Waals surface area contributed by atoms with E-state index in [0.717, 1.165) is 5.56 Å². The number of H-pyrrole nitrogens is 1. The Morgan fingerprint density at radius 1 is 1.00 bits per heavy atom. The Morgan fingerprint density at radius 3 is 2.52 bits per heavy atom.